The number of benzene rings is 1. The highest BCUT2D eigenvalue weighted by Gasteiger charge is 2.29. The summed E-state index contributed by atoms with van der Waals surface area (Å²) in [6.45, 7) is 0. The van der Waals surface area contributed by atoms with Crippen LogP contribution in [0.2, 0.25) is 0 Å². The molecular formula is C13H9NO3S2. The second-order valence-corrected chi connectivity index (χ2v) is 6.23. The van der Waals surface area contributed by atoms with Crippen molar-refractivity contribution in [2.45, 2.75) is 0 Å². The van der Waals surface area contributed by atoms with E-state index in [1.807, 2.05) is 30.3 Å². The van der Waals surface area contributed by atoms with E-state index in [4.69, 9.17) is 5.11 Å². The summed E-state index contributed by atoms with van der Waals surface area (Å²) in [5.41, 5.74) is 1.14. The number of aromatic carboxylic acids is 1. The summed E-state index contributed by atoms with van der Waals surface area (Å²) in [4.78, 5) is 24.7. The standard InChI is InChI=1S/C13H9NO3S2/c1-14-9-10(7-5-3-2-4-6-7)18-19-11(9)8(12(14)15)13(16)17/h2-6H,1H3,(H,16,17). The van der Waals surface area contributed by atoms with Gasteiger partial charge in [-0.15, -0.1) is 0 Å². The molecule has 0 aromatic heterocycles. The van der Waals surface area contributed by atoms with Crippen LogP contribution in [0.15, 0.2) is 35.1 Å². The Labute approximate surface area is 115 Å². The van der Waals surface area contributed by atoms with Gasteiger partial charge in [0.15, 0.2) is 0 Å². The first-order chi connectivity index (χ1) is 9.11. The van der Waals surface area contributed by atoms with Gasteiger partial charge in [-0.1, -0.05) is 51.0 Å². The van der Waals surface area contributed by atoms with Crippen molar-refractivity contribution in [3.05, 3.63) is 46.2 Å². The lowest BCUT2D eigenvalue weighted by atomic mass is 10.1. The molecule has 0 fully saturated rings. The van der Waals surface area contributed by atoms with Gasteiger partial charge in [0, 0.05) is 7.05 Å². The Morgan fingerprint density at radius 3 is 2.42 bits per heavy atom. The highest BCUT2D eigenvalue weighted by Crippen LogP contribution is 2.44. The summed E-state index contributed by atoms with van der Waals surface area (Å²) in [5, 5.41) is 9.15. The van der Waals surface area contributed by atoms with Crippen LogP contribution in [0, 0.1) is 0 Å². The van der Waals surface area contributed by atoms with Crippen molar-refractivity contribution in [3.8, 4) is 21.0 Å². The van der Waals surface area contributed by atoms with Crippen molar-refractivity contribution in [3.63, 3.8) is 0 Å². The largest absolute Gasteiger partial charge is 0.477 e. The van der Waals surface area contributed by atoms with E-state index in [9.17, 15) is 9.59 Å². The lowest BCUT2D eigenvalue weighted by molar-refractivity contribution is 0.0696. The zero-order chi connectivity index (χ0) is 13.6. The van der Waals surface area contributed by atoms with E-state index in [0.29, 0.717) is 10.6 Å². The molecule has 0 radical (unpaired) electrons. The first-order valence-corrected chi connectivity index (χ1v) is 7.66. The van der Waals surface area contributed by atoms with Gasteiger partial charge in [0.2, 0.25) is 0 Å². The van der Waals surface area contributed by atoms with Crippen molar-refractivity contribution in [1.82, 2.24) is 4.57 Å². The molecule has 4 nitrogen and oxygen atoms in total. The second-order valence-electron chi connectivity index (χ2n) is 4.08. The number of nitrogens with zero attached hydrogens (tertiary/aromatic N) is 1. The molecule has 0 unspecified atom stereocenters. The molecule has 1 aromatic rings. The molecule has 0 spiro atoms. The van der Waals surface area contributed by atoms with Crippen LogP contribution in [-0.4, -0.2) is 15.6 Å². The Kier molecular flexibility index (Phi) is 2.76. The van der Waals surface area contributed by atoms with E-state index >= 15 is 0 Å². The van der Waals surface area contributed by atoms with Gasteiger partial charge in [0.1, 0.15) is 5.56 Å². The fraction of sp³-hybridized carbons (Fsp3) is 0.0769. The zero-order valence-corrected chi connectivity index (χ0v) is 11.5. The van der Waals surface area contributed by atoms with Gasteiger partial charge in [-0.2, -0.15) is 0 Å². The quantitative estimate of drug-likeness (QED) is 0.738. The van der Waals surface area contributed by atoms with Crippen LogP contribution in [0.3, 0.4) is 0 Å². The summed E-state index contributed by atoms with van der Waals surface area (Å²) in [7, 11) is 4.45. The third-order valence-corrected chi connectivity index (χ3v) is 5.46. The number of hydrogen-bond acceptors (Lipinski definition) is 4. The van der Waals surface area contributed by atoms with Crippen LogP contribution in [0.5, 0.6) is 0 Å². The summed E-state index contributed by atoms with van der Waals surface area (Å²) in [5.74, 6) is -1.16. The van der Waals surface area contributed by atoms with E-state index in [-0.39, 0.29) is 5.56 Å². The average molecular weight is 291 g/mol. The third-order valence-electron chi connectivity index (χ3n) is 2.97. The fourth-order valence-electron chi connectivity index (χ4n) is 2.06. The molecule has 96 valence electrons. The number of aromatic nitrogens is 1. The lowest BCUT2D eigenvalue weighted by Gasteiger charge is -2.01. The molecule has 0 saturated heterocycles. The van der Waals surface area contributed by atoms with Gasteiger partial charge >= 0.3 is 5.97 Å². The molecule has 0 saturated carbocycles. The Morgan fingerprint density at radius 2 is 1.79 bits per heavy atom. The van der Waals surface area contributed by atoms with Crippen molar-refractivity contribution < 1.29 is 9.90 Å². The Balaban J connectivity index is 2.31. The predicted molar refractivity (Wildman–Crippen MR) is 76.5 cm³/mol. The minimum absolute atomic E-state index is 0.124. The first kappa shape index (κ1) is 12.1. The monoisotopic (exact) mass is 291 g/mol. The van der Waals surface area contributed by atoms with E-state index in [2.05, 4.69) is 0 Å². The highest BCUT2D eigenvalue weighted by molar-refractivity contribution is 7.72. The molecule has 6 heteroatoms. The number of fused-ring (bicyclic) bond motifs is 1. The number of carboxylic acid groups (broad SMARTS) is 1. The van der Waals surface area contributed by atoms with Gasteiger partial charge < -0.3 is 9.67 Å². The van der Waals surface area contributed by atoms with Crippen molar-refractivity contribution in [2.24, 2.45) is 7.05 Å². The van der Waals surface area contributed by atoms with E-state index in [1.54, 1.807) is 7.05 Å². The molecule has 0 atom stereocenters. The molecule has 19 heavy (non-hydrogen) atoms. The smallest absolute Gasteiger partial charge is 0.342 e. The van der Waals surface area contributed by atoms with Crippen LogP contribution in [0.25, 0.3) is 21.0 Å². The molecular weight excluding hydrogens is 282 g/mol. The Bertz CT molecular complexity index is 782. The first-order valence-electron chi connectivity index (χ1n) is 5.51. The van der Waals surface area contributed by atoms with Crippen LogP contribution in [0.1, 0.15) is 10.4 Å². The molecule has 3 rings (SSSR count). The van der Waals surface area contributed by atoms with Crippen molar-refractivity contribution in [2.75, 3.05) is 0 Å². The minimum atomic E-state index is -1.16. The molecule has 1 aromatic carbocycles. The molecule has 0 aliphatic carbocycles. The van der Waals surface area contributed by atoms with Crippen molar-refractivity contribution >= 4 is 26.7 Å². The van der Waals surface area contributed by atoms with Crippen molar-refractivity contribution in [1.29, 1.82) is 0 Å². The Hall–Kier alpha value is -1.92. The molecule has 2 aliphatic rings. The van der Waals surface area contributed by atoms with Crippen LogP contribution in [0.4, 0.5) is 0 Å². The van der Waals surface area contributed by atoms with Gasteiger partial charge in [-0.25, -0.2) is 4.79 Å². The number of hydrogen-bond donors (Lipinski definition) is 1. The molecule has 0 bridgehead atoms. The molecule has 0 amide bonds. The van der Waals surface area contributed by atoms with Gasteiger partial charge in [-0.05, 0) is 5.56 Å². The van der Waals surface area contributed by atoms with Crippen LogP contribution < -0.4 is 5.56 Å². The van der Waals surface area contributed by atoms with E-state index in [1.165, 1.54) is 25.2 Å². The Morgan fingerprint density at radius 1 is 1.16 bits per heavy atom. The van der Waals surface area contributed by atoms with Gasteiger partial charge in [0.05, 0.1) is 15.4 Å². The fourth-order valence-corrected chi connectivity index (χ4v) is 4.93. The maximum Gasteiger partial charge on any atom is 0.342 e. The second kappa shape index (κ2) is 4.32. The molecule has 2 heterocycles. The van der Waals surface area contributed by atoms with Crippen LogP contribution >= 0.6 is 20.7 Å². The predicted octanol–water partition coefficient (Wildman–Crippen LogP) is 2.98. The third kappa shape index (κ3) is 1.72. The summed E-state index contributed by atoms with van der Waals surface area (Å²) >= 11 is 0. The number of carboxylic acids is 1. The zero-order valence-electron chi connectivity index (χ0n) is 9.91. The van der Waals surface area contributed by atoms with E-state index < -0.39 is 11.5 Å². The molecule has 1 N–H and O–H groups in total. The summed E-state index contributed by atoms with van der Waals surface area (Å²) in [6, 6.07) is 9.67. The SMILES string of the molecule is Cn1c2c(-c3ccccc3)ssc-2c(C(=O)O)c1=O. The normalized spacial score (nSPS) is 11.0. The number of rotatable bonds is 2. The maximum atomic E-state index is 12.0. The lowest BCUT2D eigenvalue weighted by Crippen LogP contribution is -2.17. The summed E-state index contributed by atoms with van der Waals surface area (Å²) in [6.07, 6.45) is 0. The minimum Gasteiger partial charge on any atom is -0.477 e. The van der Waals surface area contributed by atoms with Gasteiger partial charge in [-0.3, -0.25) is 4.79 Å². The van der Waals surface area contributed by atoms with E-state index in [0.717, 1.165) is 10.4 Å². The molecule has 2 aliphatic heterocycles. The summed E-state index contributed by atoms with van der Waals surface area (Å²) < 4.78 is 1.42. The van der Waals surface area contributed by atoms with Gasteiger partial charge in [0.25, 0.3) is 5.56 Å². The average Bonchev–Trinajstić information content (AvgIpc) is 2.92. The number of carbonyl (C=O) groups is 1. The topological polar surface area (TPSA) is 59.3 Å². The highest BCUT2D eigenvalue weighted by atomic mass is 32.9. The maximum absolute atomic E-state index is 12.0. The van der Waals surface area contributed by atoms with Crippen LogP contribution in [-0.2, 0) is 7.05 Å².